The third kappa shape index (κ3) is 4.96. The van der Waals surface area contributed by atoms with E-state index in [0.29, 0.717) is 0 Å². The molecule has 1 rings (SSSR count). The van der Waals surface area contributed by atoms with Crippen molar-refractivity contribution in [1.82, 2.24) is 9.29 Å². The third-order valence-electron chi connectivity index (χ3n) is 2.55. The SMILES string of the molecule is CCOC(=O)CN(CCOC)S(=O)(=O)c1ccc(=O)[nH]c1. The molecule has 0 aromatic carbocycles. The average molecular weight is 318 g/mol. The summed E-state index contributed by atoms with van der Waals surface area (Å²) in [4.78, 5) is 24.7. The molecule has 0 unspecified atom stereocenters. The van der Waals surface area contributed by atoms with Gasteiger partial charge in [-0.05, 0) is 13.0 Å². The first-order chi connectivity index (χ1) is 9.91. The van der Waals surface area contributed by atoms with E-state index in [1.54, 1.807) is 6.92 Å². The van der Waals surface area contributed by atoms with Crippen LogP contribution < -0.4 is 5.56 Å². The van der Waals surface area contributed by atoms with Crippen LogP contribution in [0.5, 0.6) is 0 Å². The van der Waals surface area contributed by atoms with Crippen LogP contribution in [0, 0.1) is 0 Å². The molecule has 0 aliphatic heterocycles. The molecular formula is C12H18N2O6S. The van der Waals surface area contributed by atoms with Crippen LogP contribution in [-0.2, 0) is 24.3 Å². The van der Waals surface area contributed by atoms with Crippen LogP contribution in [0.4, 0.5) is 0 Å². The normalized spacial score (nSPS) is 11.6. The lowest BCUT2D eigenvalue weighted by atomic mass is 10.5. The van der Waals surface area contributed by atoms with Crippen LogP contribution in [0.2, 0.25) is 0 Å². The molecule has 0 bridgehead atoms. The maximum absolute atomic E-state index is 12.4. The van der Waals surface area contributed by atoms with Crippen LogP contribution in [-0.4, -0.2) is 57.1 Å². The zero-order valence-corrected chi connectivity index (χ0v) is 12.7. The largest absolute Gasteiger partial charge is 0.465 e. The summed E-state index contributed by atoms with van der Waals surface area (Å²) in [6, 6.07) is 2.28. The Morgan fingerprint density at radius 3 is 2.62 bits per heavy atom. The smallest absolute Gasteiger partial charge is 0.321 e. The molecule has 0 aliphatic carbocycles. The molecule has 0 saturated heterocycles. The van der Waals surface area contributed by atoms with Crippen molar-refractivity contribution in [2.75, 3.05) is 33.4 Å². The van der Waals surface area contributed by atoms with E-state index in [1.165, 1.54) is 13.2 Å². The molecule has 0 aliphatic rings. The number of esters is 1. The lowest BCUT2D eigenvalue weighted by molar-refractivity contribution is -0.143. The van der Waals surface area contributed by atoms with Crippen molar-refractivity contribution in [3.63, 3.8) is 0 Å². The molecule has 1 heterocycles. The van der Waals surface area contributed by atoms with Crippen molar-refractivity contribution in [1.29, 1.82) is 0 Å². The number of aromatic amines is 1. The fourth-order valence-electron chi connectivity index (χ4n) is 1.53. The number of ether oxygens (including phenoxy) is 2. The lowest BCUT2D eigenvalue weighted by Crippen LogP contribution is -2.38. The second kappa shape index (κ2) is 7.91. The van der Waals surface area contributed by atoms with Gasteiger partial charge in [0.25, 0.3) is 0 Å². The summed E-state index contributed by atoms with van der Waals surface area (Å²) in [6.45, 7) is 1.50. The molecule has 0 saturated carbocycles. The molecule has 0 spiro atoms. The minimum absolute atomic E-state index is 0.00320. The number of rotatable bonds is 8. The number of aromatic nitrogens is 1. The first-order valence-electron chi connectivity index (χ1n) is 6.25. The van der Waals surface area contributed by atoms with Crippen molar-refractivity contribution in [2.45, 2.75) is 11.8 Å². The van der Waals surface area contributed by atoms with Crippen LogP contribution in [0.1, 0.15) is 6.92 Å². The number of nitrogens with one attached hydrogen (secondary N) is 1. The van der Waals surface area contributed by atoms with Gasteiger partial charge in [0.15, 0.2) is 0 Å². The van der Waals surface area contributed by atoms with Crippen LogP contribution in [0.3, 0.4) is 0 Å². The van der Waals surface area contributed by atoms with E-state index in [4.69, 9.17) is 9.47 Å². The van der Waals surface area contributed by atoms with E-state index < -0.39 is 28.1 Å². The Balaban J connectivity index is 3.01. The average Bonchev–Trinajstić information content (AvgIpc) is 2.44. The van der Waals surface area contributed by atoms with Crippen LogP contribution in [0.15, 0.2) is 28.0 Å². The Morgan fingerprint density at radius 2 is 2.10 bits per heavy atom. The number of methoxy groups -OCH3 is 1. The van der Waals surface area contributed by atoms with Crippen molar-refractivity contribution in [3.05, 3.63) is 28.7 Å². The maximum Gasteiger partial charge on any atom is 0.321 e. The summed E-state index contributed by atoms with van der Waals surface area (Å²) in [5.41, 5.74) is -0.414. The molecule has 21 heavy (non-hydrogen) atoms. The van der Waals surface area contributed by atoms with Crippen molar-refractivity contribution >= 4 is 16.0 Å². The number of carbonyl (C=O) groups excluding carboxylic acids is 1. The Morgan fingerprint density at radius 1 is 1.38 bits per heavy atom. The highest BCUT2D eigenvalue weighted by molar-refractivity contribution is 7.89. The van der Waals surface area contributed by atoms with Gasteiger partial charge in [-0.15, -0.1) is 0 Å². The minimum Gasteiger partial charge on any atom is -0.465 e. The number of H-pyrrole nitrogens is 1. The molecule has 118 valence electrons. The predicted molar refractivity (Wildman–Crippen MR) is 74.3 cm³/mol. The first kappa shape index (κ1) is 17.3. The van der Waals surface area contributed by atoms with E-state index >= 15 is 0 Å². The molecule has 0 atom stereocenters. The summed E-state index contributed by atoms with van der Waals surface area (Å²) in [5.74, 6) is -0.651. The summed E-state index contributed by atoms with van der Waals surface area (Å²) in [5, 5.41) is 0. The summed E-state index contributed by atoms with van der Waals surface area (Å²) < 4.78 is 35.4. The Kier molecular flexibility index (Phi) is 6.53. The van der Waals surface area contributed by atoms with E-state index in [-0.39, 0.29) is 24.7 Å². The first-order valence-corrected chi connectivity index (χ1v) is 7.69. The summed E-state index contributed by atoms with van der Waals surface area (Å²) >= 11 is 0. The van der Waals surface area contributed by atoms with E-state index in [9.17, 15) is 18.0 Å². The zero-order valence-electron chi connectivity index (χ0n) is 11.9. The molecule has 1 aromatic heterocycles. The van der Waals surface area contributed by atoms with Gasteiger partial charge in [-0.3, -0.25) is 9.59 Å². The zero-order chi connectivity index (χ0) is 15.9. The Labute approximate surface area is 122 Å². The number of pyridine rings is 1. The lowest BCUT2D eigenvalue weighted by Gasteiger charge is -2.20. The fraction of sp³-hybridized carbons (Fsp3) is 0.500. The number of sulfonamides is 1. The molecule has 0 fully saturated rings. The van der Waals surface area contributed by atoms with Gasteiger partial charge in [-0.25, -0.2) is 8.42 Å². The highest BCUT2D eigenvalue weighted by atomic mass is 32.2. The Hall–Kier alpha value is -1.71. The summed E-state index contributed by atoms with van der Waals surface area (Å²) in [6.07, 6.45) is 1.09. The molecule has 0 radical (unpaired) electrons. The van der Waals surface area contributed by atoms with Gasteiger partial charge in [0.2, 0.25) is 15.6 Å². The van der Waals surface area contributed by atoms with Gasteiger partial charge >= 0.3 is 5.97 Å². The van der Waals surface area contributed by atoms with Gasteiger partial charge in [0, 0.05) is 25.9 Å². The number of hydrogen-bond donors (Lipinski definition) is 1. The maximum atomic E-state index is 12.4. The monoisotopic (exact) mass is 318 g/mol. The van der Waals surface area contributed by atoms with Gasteiger partial charge in [-0.2, -0.15) is 4.31 Å². The Bertz CT molecular complexity index is 604. The van der Waals surface area contributed by atoms with E-state index in [1.807, 2.05) is 0 Å². The standard InChI is InChI=1S/C12H18N2O6S/c1-3-20-12(16)9-14(6-7-19-2)21(17,18)10-4-5-11(15)13-8-10/h4-5,8H,3,6-7,9H2,1-2H3,(H,13,15). The highest BCUT2D eigenvalue weighted by Crippen LogP contribution is 2.13. The van der Waals surface area contributed by atoms with Crippen molar-refractivity contribution < 1.29 is 22.7 Å². The van der Waals surface area contributed by atoms with Crippen LogP contribution in [0.25, 0.3) is 0 Å². The van der Waals surface area contributed by atoms with Gasteiger partial charge < -0.3 is 14.5 Å². The summed E-state index contributed by atoms with van der Waals surface area (Å²) in [7, 11) is -2.50. The van der Waals surface area contributed by atoms with E-state index in [0.717, 1.165) is 16.6 Å². The van der Waals surface area contributed by atoms with E-state index in [2.05, 4.69) is 4.98 Å². The third-order valence-corrected chi connectivity index (χ3v) is 4.39. The fourth-order valence-corrected chi connectivity index (χ4v) is 2.87. The van der Waals surface area contributed by atoms with Crippen LogP contribution >= 0.6 is 0 Å². The van der Waals surface area contributed by atoms with Crippen molar-refractivity contribution in [2.24, 2.45) is 0 Å². The molecular weight excluding hydrogens is 300 g/mol. The molecule has 1 N–H and O–H groups in total. The number of nitrogens with zero attached hydrogens (tertiary/aromatic N) is 1. The second-order valence-corrected chi connectivity index (χ2v) is 5.96. The second-order valence-electron chi connectivity index (χ2n) is 4.03. The topological polar surface area (TPSA) is 106 Å². The van der Waals surface area contributed by atoms with Gasteiger partial charge in [-0.1, -0.05) is 0 Å². The molecule has 0 amide bonds. The molecule has 8 nitrogen and oxygen atoms in total. The van der Waals surface area contributed by atoms with Gasteiger partial charge in [0.05, 0.1) is 18.1 Å². The predicted octanol–water partition coefficient (Wildman–Crippen LogP) is -0.425. The van der Waals surface area contributed by atoms with Crippen molar-refractivity contribution in [3.8, 4) is 0 Å². The molecule has 9 heteroatoms. The van der Waals surface area contributed by atoms with Gasteiger partial charge in [0.1, 0.15) is 6.54 Å². The molecule has 1 aromatic rings. The highest BCUT2D eigenvalue weighted by Gasteiger charge is 2.27. The minimum atomic E-state index is -3.92. The quantitative estimate of drug-likeness (QED) is 0.652. The number of carbonyl (C=O) groups is 1. The number of hydrogen-bond acceptors (Lipinski definition) is 6.